The number of primary amides is 1. The van der Waals surface area contributed by atoms with Crippen LogP contribution in [-0.2, 0) is 24.5 Å². The zero-order chi connectivity index (χ0) is 30.5. The molecule has 0 saturated carbocycles. The van der Waals surface area contributed by atoms with E-state index in [1.54, 1.807) is 13.8 Å². The van der Waals surface area contributed by atoms with Crippen molar-refractivity contribution in [2.75, 3.05) is 6.61 Å². The number of nitriles is 1. The van der Waals surface area contributed by atoms with Crippen molar-refractivity contribution in [3.05, 3.63) is 63.6 Å². The molecule has 1 amide bonds. The summed E-state index contributed by atoms with van der Waals surface area (Å²) in [6, 6.07) is 5.66. The maximum Gasteiger partial charge on any atom is 0.321 e. The third kappa shape index (κ3) is 5.66. The topological polar surface area (TPSA) is 139 Å². The summed E-state index contributed by atoms with van der Waals surface area (Å²) in [6.45, 7) is 9.03. The first-order chi connectivity index (χ1) is 19.0. The third-order valence-electron chi connectivity index (χ3n) is 7.72. The Morgan fingerprint density at radius 1 is 1.29 bits per heavy atom. The fourth-order valence-electron chi connectivity index (χ4n) is 6.26. The molecule has 2 saturated heterocycles. The van der Waals surface area contributed by atoms with Gasteiger partial charge in [-0.25, -0.2) is 4.39 Å². The second-order valence-electron chi connectivity index (χ2n) is 12.2. The number of nitrogens with two attached hydrogens (primary N) is 1. The van der Waals surface area contributed by atoms with Gasteiger partial charge in [-0.3, -0.25) is 19.5 Å². The number of aromatic nitrogens is 1. The predicted octanol–water partition coefficient (Wildman–Crippen LogP) is 4.65. The lowest BCUT2D eigenvalue weighted by Gasteiger charge is -2.41. The maximum absolute atomic E-state index is 15.9. The van der Waals surface area contributed by atoms with Gasteiger partial charge in [0.2, 0.25) is 5.91 Å². The van der Waals surface area contributed by atoms with E-state index in [0.717, 1.165) is 0 Å². The van der Waals surface area contributed by atoms with Gasteiger partial charge < -0.3 is 20.3 Å². The summed E-state index contributed by atoms with van der Waals surface area (Å²) < 4.78 is 27.6. The number of benzene rings is 1. The van der Waals surface area contributed by atoms with Gasteiger partial charge in [-0.15, -0.1) is 0 Å². The molecule has 0 bridgehead atoms. The van der Waals surface area contributed by atoms with Gasteiger partial charge in [0, 0.05) is 18.2 Å². The number of rotatable bonds is 7. The van der Waals surface area contributed by atoms with Gasteiger partial charge in [0.15, 0.2) is 5.79 Å². The fourth-order valence-corrected chi connectivity index (χ4v) is 6.56. The first kappa shape index (κ1) is 31.1. The number of nitrogens with zero attached hydrogens (tertiary/aromatic N) is 3. The molecule has 12 heteroatoms. The molecule has 41 heavy (non-hydrogen) atoms. The van der Waals surface area contributed by atoms with E-state index in [4.69, 9.17) is 38.4 Å². The Bertz CT molecular complexity index is 1380. The van der Waals surface area contributed by atoms with Crippen LogP contribution in [0.15, 0.2) is 36.5 Å². The normalized spacial score (nSPS) is 28.8. The summed E-state index contributed by atoms with van der Waals surface area (Å²) in [4.78, 5) is 32.4. The van der Waals surface area contributed by atoms with Crippen molar-refractivity contribution in [1.29, 1.82) is 5.26 Å². The summed E-state index contributed by atoms with van der Waals surface area (Å²) >= 11 is 12.3. The molecule has 1 unspecified atom stereocenters. The van der Waals surface area contributed by atoms with Gasteiger partial charge in [-0.1, -0.05) is 56.1 Å². The largest absolute Gasteiger partial charge is 0.480 e. The van der Waals surface area contributed by atoms with Crippen molar-refractivity contribution in [3.8, 4) is 6.07 Å². The number of carbonyl (C=O) groups is 2. The number of halogens is 3. The van der Waals surface area contributed by atoms with Gasteiger partial charge in [0.25, 0.3) is 0 Å². The number of likely N-dealkylation sites (tertiary alicyclic amines) is 1. The average Bonchev–Trinajstić information content (AvgIpc) is 3.35. The number of amides is 1. The van der Waals surface area contributed by atoms with E-state index >= 15 is 4.39 Å². The highest BCUT2D eigenvalue weighted by molar-refractivity contribution is 6.31. The van der Waals surface area contributed by atoms with E-state index in [9.17, 15) is 20.0 Å². The number of carbonyl (C=O) groups excluding carboxylic acids is 1. The highest BCUT2D eigenvalue weighted by atomic mass is 35.5. The SMILES string of the molecule is CC(C)(C)C[C@@H]1N(C(C(N)=O)[C@H]2COC(C)(C)O2)[C@@H](C(=O)O)[C@H](c2cccc(Cl)c2F)[C@@]1(C#N)c1ccc(Cl)cn1. The Morgan fingerprint density at radius 3 is 2.46 bits per heavy atom. The van der Waals surface area contributed by atoms with E-state index in [0.29, 0.717) is 0 Å². The number of hydrogen-bond donors (Lipinski definition) is 2. The molecule has 6 atom stereocenters. The van der Waals surface area contributed by atoms with Crippen LogP contribution in [0.5, 0.6) is 0 Å². The zero-order valence-corrected chi connectivity index (χ0v) is 24.9. The summed E-state index contributed by atoms with van der Waals surface area (Å²) in [5.74, 6) is -5.57. The molecule has 2 aliphatic rings. The van der Waals surface area contributed by atoms with Crippen LogP contribution in [0, 0.1) is 22.6 Å². The summed E-state index contributed by atoms with van der Waals surface area (Å²) in [7, 11) is 0. The van der Waals surface area contributed by atoms with Gasteiger partial charge in [0.05, 0.1) is 28.4 Å². The van der Waals surface area contributed by atoms with Crippen molar-refractivity contribution in [2.24, 2.45) is 11.1 Å². The van der Waals surface area contributed by atoms with Gasteiger partial charge in [-0.05, 0) is 49.4 Å². The van der Waals surface area contributed by atoms with Crippen LogP contribution in [-0.4, -0.2) is 63.5 Å². The number of pyridine rings is 1. The number of carboxylic acids is 1. The molecule has 4 rings (SSSR count). The number of ether oxygens (including phenoxy) is 2. The molecule has 3 heterocycles. The monoisotopic (exact) mass is 606 g/mol. The first-order valence-electron chi connectivity index (χ1n) is 13.1. The molecule has 1 aromatic carbocycles. The molecule has 3 N–H and O–H groups in total. The second kappa shape index (κ2) is 11.1. The maximum atomic E-state index is 15.9. The smallest absolute Gasteiger partial charge is 0.321 e. The molecule has 2 aromatic rings. The zero-order valence-electron chi connectivity index (χ0n) is 23.4. The Hall–Kier alpha value is -2.81. The quantitative estimate of drug-likeness (QED) is 0.464. The van der Waals surface area contributed by atoms with E-state index in [-0.39, 0.29) is 34.3 Å². The van der Waals surface area contributed by atoms with Gasteiger partial charge >= 0.3 is 5.97 Å². The molecule has 220 valence electrons. The Kier molecular flexibility index (Phi) is 8.44. The van der Waals surface area contributed by atoms with Crippen LogP contribution >= 0.6 is 23.2 Å². The average molecular weight is 608 g/mol. The number of carboxylic acid groups (broad SMARTS) is 1. The summed E-state index contributed by atoms with van der Waals surface area (Å²) in [5, 5.41) is 22.0. The highest BCUT2D eigenvalue weighted by Gasteiger charge is 2.68. The minimum atomic E-state index is -1.80. The second-order valence-corrected chi connectivity index (χ2v) is 13.0. The van der Waals surface area contributed by atoms with Crippen molar-refractivity contribution in [1.82, 2.24) is 9.88 Å². The van der Waals surface area contributed by atoms with Crippen LogP contribution in [0.3, 0.4) is 0 Å². The van der Waals surface area contributed by atoms with E-state index in [2.05, 4.69) is 11.1 Å². The van der Waals surface area contributed by atoms with Crippen LogP contribution in [0.25, 0.3) is 0 Å². The molecule has 9 nitrogen and oxygen atoms in total. The van der Waals surface area contributed by atoms with Gasteiger partial charge in [0.1, 0.15) is 29.4 Å². The molecule has 0 spiro atoms. The molecule has 0 aliphatic carbocycles. The van der Waals surface area contributed by atoms with Gasteiger partial charge in [-0.2, -0.15) is 5.26 Å². The third-order valence-corrected chi connectivity index (χ3v) is 8.24. The van der Waals surface area contributed by atoms with Crippen molar-refractivity contribution < 1.29 is 28.6 Å². The van der Waals surface area contributed by atoms with E-state index in [1.807, 2.05) is 20.8 Å². The highest BCUT2D eigenvalue weighted by Crippen LogP contribution is 2.56. The van der Waals surface area contributed by atoms with E-state index in [1.165, 1.54) is 41.4 Å². The molecular weight excluding hydrogens is 574 g/mol. The number of aliphatic carboxylic acids is 1. The molecular formula is C29H33Cl2FN4O5. The van der Waals surface area contributed by atoms with Crippen LogP contribution in [0.1, 0.15) is 58.2 Å². The summed E-state index contributed by atoms with van der Waals surface area (Å²) in [6.07, 6.45) is 0.577. The standard InChI is InChI=1S/C29H33Cl2FN4O5/c1-27(2,3)11-20-29(14-33,19-10-9-15(30)12-35-19)21(16-7-6-8-17(31)22(16)32)24(26(38)39)36(20)23(25(34)37)18-13-40-28(4,5)41-18/h6-10,12,18,20-21,23-24H,11,13H2,1-5H3,(H2,34,37)(H,38,39)/t18-,20+,21+,23?,24-,29+/m1/s1. The number of hydrogen-bond acceptors (Lipinski definition) is 7. The van der Waals surface area contributed by atoms with Crippen LogP contribution < -0.4 is 5.73 Å². The lowest BCUT2D eigenvalue weighted by molar-refractivity contribution is -0.159. The first-order valence-corrected chi connectivity index (χ1v) is 13.9. The van der Waals surface area contributed by atoms with E-state index < -0.39 is 64.5 Å². The predicted molar refractivity (Wildman–Crippen MR) is 150 cm³/mol. The van der Waals surface area contributed by atoms with Crippen molar-refractivity contribution >= 4 is 35.1 Å². The van der Waals surface area contributed by atoms with Crippen molar-refractivity contribution in [2.45, 2.75) is 82.4 Å². The fraction of sp³-hybridized carbons (Fsp3) is 0.517. The minimum Gasteiger partial charge on any atom is -0.480 e. The van der Waals surface area contributed by atoms with Crippen LogP contribution in [0.2, 0.25) is 10.0 Å². The Morgan fingerprint density at radius 2 is 1.98 bits per heavy atom. The molecule has 1 aromatic heterocycles. The molecule has 2 aliphatic heterocycles. The molecule has 2 fully saturated rings. The lowest BCUT2D eigenvalue weighted by atomic mass is 9.64. The van der Waals surface area contributed by atoms with Crippen LogP contribution in [0.4, 0.5) is 4.39 Å². The Labute approximate surface area is 248 Å². The minimum absolute atomic E-state index is 0.0549. The lowest BCUT2D eigenvalue weighted by Crippen LogP contribution is -2.60. The Balaban J connectivity index is 2.11. The summed E-state index contributed by atoms with van der Waals surface area (Å²) in [5.41, 5.74) is 3.75. The molecule has 0 radical (unpaired) electrons. The van der Waals surface area contributed by atoms with Crippen molar-refractivity contribution in [3.63, 3.8) is 0 Å².